The molecule has 5 nitrogen and oxygen atoms in total. The number of carbonyl (C=O) groups excluding carboxylic acids is 1. The number of carbonyl (C=O) groups is 1. The molecular weight excluding hydrogens is 422 g/mol. The lowest BCUT2D eigenvalue weighted by Gasteiger charge is -2.54. The van der Waals surface area contributed by atoms with E-state index in [-0.39, 0.29) is 0 Å². The van der Waals surface area contributed by atoms with Crippen molar-refractivity contribution in [1.29, 1.82) is 0 Å². The summed E-state index contributed by atoms with van der Waals surface area (Å²) in [5.74, 6) is 1.70. The van der Waals surface area contributed by atoms with E-state index in [0.717, 1.165) is 37.9 Å². The minimum Gasteiger partial charge on any atom is -0.383 e. The highest BCUT2D eigenvalue weighted by Crippen LogP contribution is 2.45. The van der Waals surface area contributed by atoms with Gasteiger partial charge in [0.05, 0.1) is 12.6 Å². The topological polar surface area (TPSA) is 37.7 Å². The lowest BCUT2D eigenvalue weighted by atomic mass is 9.68. The van der Waals surface area contributed by atoms with E-state index in [4.69, 9.17) is 4.74 Å². The van der Waals surface area contributed by atoms with Gasteiger partial charge in [0.15, 0.2) is 0 Å². The van der Waals surface area contributed by atoms with Gasteiger partial charge in [0.25, 0.3) is 0 Å². The Hall–Kier alpha value is -2.11. The molecule has 1 aliphatic carbocycles. The number of hydrogen-bond donors (Lipinski definition) is 0. The van der Waals surface area contributed by atoms with Gasteiger partial charge in [-0.15, -0.1) is 0 Å². The van der Waals surface area contributed by atoms with Gasteiger partial charge in [-0.05, 0) is 68.5 Å². The number of piperidine rings is 3. The third kappa shape index (κ3) is 4.01. The molecule has 0 N–H and O–H groups in total. The average Bonchev–Trinajstić information content (AvgIpc) is 3.23. The summed E-state index contributed by atoms with van der Waals surface area (Å²) in [5, 5.41) is 1.27. The first kappa shape index (κ1) is 22.4. The molecule has 4 aliphatic rings. The van der Waals surface area contributed by atoms with Gasteiger partial charge in [0.2, 0.25) is 5.91 Å². The number of benzene rings is 1. The van der Waals surface area contributed by atoms with Gasteiger partial charge in [0.1, 0.15) is 0 Å². The van der Waals surface area contributed by atoms with Gasteiger partial charge in [0, 0.05) is 56.3 Å². The molecule has 4 heterocycles. The van der Waals surface area contributed by atoms with Crippen molar-refractivity contribution in [3.8, 4) is 0 Å². The molecule has 1 amide bonds. The van der Waals surface area contributed by atoms with E-state index in [2.05, 4.69) is 50.9 Å². The van der Waals surface area contributed by atoms with Crippen LogP contribution in [0.5, 0.6) is 0 Å². The van der Waals surface area contributed by atoms with Gasteiger partial charge in [-0.1, -0.05) is 36.3 Å². The molecular formula is C29H39N3O2. The van der Waals surface area contributed by atoms with Gasteiger partial charge in [-0.3, -0.25) is 9.69 Å². The Kier molecular flexibility index (Phi) is 6.25. The van der Waals surface area contributed by atoms with E-state index >= 15 is 0 Å². The summed E-state index contributed by atoms with van der Waals surface area (Å²) in [6, 6.07) is 9.68. The summed E-state index contributed by atoms with van der Waals surface area (Å²) in [4.78, 5) is 18.7. The molecule has 2 unspecified atom stereocenters. The van der Waals surface area contributed by atoms with E-state index in [9.17, 15) is 4.79 Å². The first-order valence-corrected chi connectivity index (χ1v) is 13.5. The fourth-order valence-corrected chi connectivity index (χ4v) is 7.54. The number of amides is 1. The Balaban J connectivity index is 1.19. The van der Waals surface area contributed by atoms with Crippen molar-refractivity contribution in [2.45, 2.75) is 70.0 Å². The Labute approximate surface area is 203 Å². The monoisotopic (exact) mass is 461 g/mol. The zero-order chi connectivity index (χ0) is 23.1. The molecule has 1 aromatic carbocycles. The molecule has 6 rings (SSSR count). The molecule has 3 saturated heterocycles. The summed E-state index contributed by atoms with van der Waals surface area (Å²) >= 11 is 0. The Morgan fingerprint density at radius 2 is 2.06 bits per heavy atom. The fourth-order valence-electron chi connectivity index (χ4n) is 7.54. The summed E-state index contributed by atoms with van der Waals surface area (Å²) in [5.41, 5.74) is 4.11. The molecule has 0 radical (unpaired) electrons. The van der Waals surface area contributed by atoms with Crippen LogP contribution in [0.1, 0.15) is 50.5 Å². The smallest absolute Gasteiger partial charge is 0.223 e. The van der Waals surface area contributed by atoms with Crippen molar-refractivity contribution in [2.24, 2.45) is 11.8 Å². The highest BCUT2D eigenvalue weighted by Gasteiger charge is 2.46. The second kappa shape index (κ2) is 9.50. The molecule has 182 valence electrons. The van der Waals surface area contributed by atoms with Crippen molar-refractivity contribution in [3.05, 3.63) is 47.7 Å². The predicted molar refractivity (Wildman–Crippen MR) is 136 cm³/mol. The highest BCUT2D eigenvalue weighted by molar-refractivity contribution is 5.85. The van der Waals surface area contributed by atoms with Gasteiger partial charge in [-0.2, -0.15) is 0 Å². The maximum Gasteiger partial charge on any atom is 0.223 e. The van der Waals surface area contributed by atoms with Crippen molar-refractivity contribution >= 4 is 16.8 Å². The van der Waals surface area contributed by atoms with E-state index in [1.807, 2.05) is 0 Å². The SMILES string of the molecule is COCCn1cc(CCC(=O)N2CCCC3=C[C@H]4C[C@@H](CN5CCCCC45)C32)c2ccccc21. The number of hydrogen-bond acceptors (Lipinski definition) is 3. The summed E-state index contributed by atoms with van der Waals surface area (Å²) in [7, 11) is 1.75. The largest absolute Gasteiger partial charge is 0.383 e. The normalized spacial score (nSPS) is 29.0. The van der Waals surface area contributed by atoms with Crippen LogP contribution in [0.15, 0.2) is 42.1 Å². The number of aromatic nitrogens is 1. The van der Waals surface area contributed by atoms with Crippen LogP contribution in [-0.4, -0.2) is 65.7 Å². The van der Waals surface area contributed by atoms with Gasteiger partial charge < -0.3 is 14.2 Å². The quantitative estimate of drug-likeness (QED) is 0.588. The van der Waals surface area contributed by atoms with Crippen molar-refractivity contribution in [1.82, 2.24) is 14.4 Å². The second-order valence-electron chi connectivity index (χ2n) is 11.0. The maximum atomic E-state index is 13.6. The van der Waals surface area contributed by atoms with E-state index in [1.165, 1.54) is 61.7 Å². The maximum absolute atomic E-state index is 13.6. The number of likely N-dealkylation sites (tertiary alicyclic amines) is 1. The average molecular weight is 462 g/mol. The summed E-state index contributed by atoms with van der Waals surface area (Å²) in [6.07, 6.45) is 14.0. The Bertz CT molecular complexity index is 1070. The molecule has 34 heavy (non-hydrogen) atoms. The molecule has 1 aromatic heterocycles. The lowest BCUT2D eigenvalue weighted by molar-refractivity contribution is -0.136. The number of nitrogens with zero attached hydrogens (tertiary/aromatic N) is 3. The van der Waals surface area contributed by atoms with Crippen LogP contribution < -0.4 is 0 Å². The van der Waals surface area contributed by atoms with Crippen molar-refractivity contribution in [2.75, 3.05) is 33.4 Å². The molecule has 0 spiro atoms. The van der Waals surface area contributed by atoms with E-state index < -0.39 is 0 Å². The first-order valence-electron chi connectivity index (χ1n) is 13.5. The number of ether oxygens (including phenoxy) is 1. The van der Waals surface area contributed by atoms with E-state index in [0.29, 0.717) is 30.9 Å². The van der Waals surface area contributed by atoms with Crippen LogP contribution in [0.2, 0.25) is 0 Å². The standard InChI is InChI=1S/C29H39N3O2/c1-34-16-15-31-19-22(25-8-2-3-10-27(25)31)11-12-28(33)32-14-6-7-21-17-23-18-24(29(21)32)20-30-13-5-4-9-26(23)30/h2-3,8,10,17,19,23-24,26,29H,4-7,9,11-16,18,20H2,1H3/t23-,24-,26?,29?/m0/s1. The summed E-state index contributed by atoms with van der Waals surface area (Å²) in [6.45, 7) is 4.92. The molecule has 3 fully saturated rings. The van der Waals surface area contributed by atoms with Crippen molar-refractivity contribution < 1.29 is 9.53 Å². The fraction of sp³-hybridized carbons (Fsp3) is 0.621. The molecule has 5 heteroatoms. The molecule has 4 atom stereocenters. The van der Waals surface area contributed by atoms with Gasteiger partial charge in [-0.25, -0.2) is 0 Å². The Morgan fingerprint density at radius 3 is 2.97 bits per heavy atom. The molecule has 2 bridgehead atoms. The predicted octanol–water partition coefficient (Wildman–Crippen LogP) is 4.64. The number of rotatable bonds is 6. The second-order valence-corrected chi connectivity index (χ2v) is 11.0. The number of aryl methyl sites for hydroxylation is 1. The minimum atomic E-state index is 0.350. The Morgan fingerprint density at radius 1 is 1.15 bits per heavy atom. The first-order chi connectivity index (χ1) is 16.7. The van der Waals surface area contributed by atoms with Crippen LogP contribution in [0.25, 0.3) is 10.9 Å². The van der Waals surface area contributed by atoms with Crippen LogP contribution in [0, 0.1) is 11.8 Å². The van der Waals surface area contributed by atoms with Gasteiger partial charge >= 0.3 is 0 Å². The minimum absolute atomic E-state index is 0.350. The van der Waals surface area contributed by atoms with Crippen LogP contribution in [-0.2, 0) is 22.5 Å². The van der Waals surface area contributed by atoms with Crippen LogP contribution in [0.3, 0.4) is 0 Å². The summed E-state index contributed by atoms with van der Waals surface area (Å²) < 4.78 is 7.58. The van der Waals surface area contributed by atoms with Crippen LogP contribution >= 0.6 is 0 Å². The third-order valence-corrected chi connectivity index (χ3v) is 8.99. The van der Waals surface area contributed by atoms with Crippen molar-refractivity contribution in [3.63, 3.8) is 0 Å². The van der Waals surface area contributed by atoms with E-state index in [1.54, 1.807) is 12.7 Å². The number of fused-ring (bicyclic) bond motifs is 7. The number of methoxy groups -OCH3 is 1. The number of para-hydroxylation sites is 1. The zero-order valence-electron chi connectivity index (χ0n) is 20.6. The van der Waals surface area contributed by atoms with Crippen LogP contribution in [0.4, 0.5) is 0 Å². The third-order valence-electron chi connectivity index (χ3n) is 8.99. The molecule has 2 aromatic rings. The molecule has 3 aliphatic heterocycles. The molecule has 0 saturated carbocycles. The lowest BCUT2D eigenvalue weighted by Crippen LogP contribution is -2.60. The highest BCUT2D eigenvalue weighted by atomic mass is 16.5. The zero-order valence-corrected chi connectivity index (χ0v) is 20.6.